The van der Waals surface area contributed by atoms with Crippen LogP contribution in [0.3, 0.4) is 0 Å². The molecule has 0 fully saturated rings. The maximum atomic E-state index is 13.2. The molecule has 0 bridgehead atoms. The van der Waals surface area contributed by atoms with Crippen LogP contribution in [0, 0.1) is 5.92 Å². The fraction of sp³-hybridized carbons (Fsp3) is 0.500. The number of ether oxygens (including phenoxy) is 2. The number of carbonyl (C=O) groups is 2. The first-order chi connectivity index (χ1) is 10.5. The van der Waals surface area contributed by atoms with E-state index in [9.17, 15) is 27.9 Å². The topological polar surface area (TPSA) is 85.7 Å². The van der Waals surface area contributed by atoms with Crippen molar-refractivity contribution in [3.63, 3.8) is 0 Å². The minimum atomic E-state index is -5.01. The standard InChI is InChI=1S/C14H16F3NO5/c1-6(2)5-7-8(12(20)22-3)10(14(15,16)17)18-11(19)9(7)13(21)23-4/h6H,5H2,1-4H3,(H,18,19). The highest BCUT2D eigenvalue weighted by molar-refractivity contribution is 6.00. The summed E-state index contributed by atoms with van der Waals surface area (Å²) in [5.74, 6) is -3.76. The maximum absolute atomic E-state index is 13.2. The van der Waals surface area contributed by atoms with Gasteiger partial charge in [0.05, 0.1) is 19.8 Å². The second-order valence-corrected chi connectivity index (χ2v) is 5.09. The molecule has 0 amide bonds. The van der Waals surface area contributed by atoms with E-state index in [0.717, 1.165) is 14.2 Å². The molecule has 1 N–H and O–H groups in total. The minimum absolute atomic E-state index is 0.0893. The molecule has 0 saturated carbocycles. The molecule has 0 aromatic carbocycles. The lowest BCUT2D eigenvalue weighted by Crippen LogP contribution is -2.23. The Morgan fingerprint density at radius 2 is 1.61 bits per heavy atom. The van der Waals surface area contributed by atoms with E-state index >= 15 is 0 Å². The van der Waals surface area contributed by atoms with E-state index < -0.39 is 40.8 Å². The van der Waals surface area contributed by atoms with Gasteiger partial charge in [0.15, 0.2) is 5.69 Å². The van der Waals surface area contributed by atoms with Crippen molar-refractivity contribution < 1.29 is 37.3 Å². The zero-order valence-corrected chi connectivity index (χ0v) is 12.9. The average Bonchev–Trinajstić information content (AvgIpc) is 2.43. The fourth-order valence-electron chi connectivity index (χ4n) is 2.08. The number of hydrogen-bond acceptors (Lipinski definition) is 6. The number of methoxy groups -OCH3 is 2. The molecule has 1 heterocycles. The first-order valence-electron chi connectivity index (χ1n) is 6.54. The normalized spacial score (nSPS) is 11.5. The van der Waals surface area contributed by atoms with Gasteiger partial charge in [-0.3, -0.25) is 0 Å². The Morgan fingerprint density at radius 3 is 2.00 bits per heavy atom. The summed E-state index contributed by atoms with van der Waals surface area (Å²) >= 11 is 0. The van der Waals surface area contributed by atoms with Gasteiger partial charge in [0, 0.05) is 0 Å². The molecule has 0 aliphatic heterocycles. The summed E-state index contributed by atoms with van der Waals surface area (Å²) in [7, 11) is 1.91. The smallest absolute Gasteiger partial charge is 0.434 e. The quantitative estimate of drug-likeness (QED) is 0.851. The van der Waals surface area contributed by atoms with Crippen LogP contribution in [0.25, 0.3) is 0 Å². The van der Waals surface area contributed by atoms with Crippen molar-refractivity contribution in [1.82, 2.24) is 4.98 Å². The minimum Gasteiger partial charge on any atom is -0.493 e. The Bertz CT molecular complexity index is 626. The molecule has 6 nitrogen and oxygen atoms in total. The van der Waals surface area contributed by atoms with Crippen LogP contribution in [0.15, 0.2) is 0 Å². The van der Waals surface area contributed by atoms with Gasteiger partial charge in [0.2, 0.25) is 5.88 Å². The molecular weight excluding hydrogens is 319 g/mol. The monoisotopic (exact) mass is 335 g/mol. The van der Waals surface area contributed by atoms with E-state index in [2.05, 4.69) is 14.5 Å². The lowest BCUT2D eigenvalue weighted by atomic mass is 9.92. The summed E-state index contributed by atoms with van der Waals surface area (Å²) in [5, 5.41) is 9.76. The number of esters is 2. The number of aromatic hydroxyl groups is 1. The van der Waals surface area contributed by atoms with E-state index in [1.54, 1.807) is 13.8 Å². The molecule has 0 unspecified atom stereocenters. The number of halogens is 3. The maximum Gasteiger partial charge on any atom is 0.434 e. The van der Waals surface area contributed by atoms with E-state index in [1.807, 2.05) is 0 Å². The SMILES string of the molecule is COC(=O)c1c(O)nc(C(F)(F)F)c(C(=O)OC)c1CC(C)C. The predicted octanol–water partition coefficient (Wildman–Crippen LogP) is 2.58. The van der Waals surface area contributed by atoms with Crippen molar-refractivity contribution in [3.8, 4) is 5.88 Å². The summed E-state index contributed by atoms with van der Waals surface area (Å²) in [6.45, 7) is 3.35. The van der Waals surface area contributed by atoms with Crippen LogP contribution in [0.1, 0.15) is 45.8 Å². The molecule has 0 aliphatic carbocycles. The first-order valence-corrected chi connectivity index (χ1v) is 6.54. The summed E-state index contributed by atoms with van der Waals surface area (Å²) in [4.78, 5) is 26.6. The molecule has 0 saturated heterocycles. The summed E-state index contributed by atoms with van der Waals surface area (Å²) in [6, 6.07) is 0. The molecule has 0 aliphatic rings. The first kappa shape index (κ1) is 18.7. The lowest BCUT2D eigenvalue weighted by molar-refractivity contribution is -0.142. The van der Waals surface area contributed by atoms with E-state index in [-0.39, 0.29) is 17.9 Å². The summed E-state index contributed by atoms with van der Waals surface area (Å²) in [6.07, 6.45) is -5.10. The largest absolute Gasteiger partial charge is 0.493 e. The summed E-state index contributed by atoms with van der Waals surface area (Å²) in [5.41, 5.74) is -3.38. The Balaban J connectivity index is 3.89. The highest BCUT2D eigenvalue weighted by Gasteiger charge is 2.42. The highest BCUT2D eigenvalue weighted by atomic mass is 19.4. The molecule has 0 spiro atoms. The molecule has 1 rings (SSSR count). The van der Waals surface area contributed by atoms with Gasteiger partial charge in [-0.2, -0.15) is 13.2 Å². The molecule has 0 atom stereocenters. The Labute approximate surface area is 130 Å². The number of hydrogen-bond donors (Lipinski definition) is 1. The van der Waals surface area contributed by atoms with Gasteiger partial charge in [0.1, 0.15) is 5.56 Å². The van der Waals surface area contributed by atoms with E-state index in [1.165, 1.54) is 0 Å². The van der Waals surface area contributed by atoms with E-state index in [0.29, 0.717) is 0 Å². The molecule has 9 heteroatoms. The average molecular weight is 335 g/mol. The Hall–Kier alpha value is -2.32. The van der Waals surface area contributed by atoms with Gasteiger partial charge in [-0.15, -0.1) is 0 Å². The number of nitrogens with zero attached hydrogens (tertiary/aromatic N) is 1. The van der Waals surface area contributed by atoms with Crippen LogP contribution >= 0.6 is 0 Å². The van der Waals surface area contributed by atoms with Crippen LogP contribution in [0.5, 0.6) is 5.88 Å². The van der Waals surface area contributed by atoms with Crippen LogP contribution in [-0.4, -0.2) is 36.2 Å². The van der Waals surface area contributed by atoms with Crippen LogP contribution in [0.4, 0.5) is 13.2 Å². The van der Waals surface area contributed by atoms with Gasteiger partial charge in [-0.25, -0.2) is 14.6 Å². The third-order valence-corrected chi connectivity index (χ3v) is 2.94. The molecular formula is C14H16F3NO5. The second kappa shape index (κ2) is 6.84. The molecule has 1 aromatic heterocycles. The van der Waals surface area contributed by atoms with Crippen molar-refractivity contribution in [2.75, 3.05) is 14.2 Å². The fourth-order valence-corrected chi connectivity index (χ4v) is 2.08. The van der Waals surface area contributed by atoms with Crippen molar-refractivity contribution in [2.45, 2.75) is 26.4 Å². The van der Waals surface area contributed by atoms with Gasteiger partial charge >= 0.3 is 18.1 Å². The third kappa shape index (κ3) is 3.91. The zero-order chi connectivity index (χ0) is 17.9. The number of aromatic nitrogens is 1. The van der Waals surface area contributed by atoms with Gasteiger partial charge in [0.25, 0.3) is 0 Å². The van der Waals surface area contributed by atoms with Crippen LogP contribution in [-0.2, 0) is 22.1 Å². The number of carbonyl (C=O) groups excluding carboxylic acids is 2. The molecule has 0 radical (unpaired) electrons. The lowest BCUT2D eigenvalue weighted by Gasteiger charge is -2.19. The summed E-state index contributed by atoms with van der Waals surface area (Å²) < 4.78 is 48.3. The molecule has 1 aromatic rings. The molecule has 23 heavy (non-hydrogen) atoms. The second-order valence-electron chi connectivity index (χ2n) is 5.09. The van der Waals surface area contributed by atoms with E-state index in [4.69, 9.17) is 0 Å². The Kier molecular flexibility index (Phi) is 5.57. The van der Waals surface area contributed by atoms with Gasteiger partial charge in [-0.1, -0.05) is 13.8 Å². The number of alkyl halides is 3. The van der Waals surface area contributed by atoms with Crippen LogP contribution < -0.4 is 0 Å². The highest BCUT2D eigenvalue weighted by Crippen LogP contribution is 2.37. The van der Waals surface area contributed by atoms with Crippen molar-refractivity contribution in [3.05, 3.63) is 22.4 Å². The van der Waals surface area contributed by atoms with Crippen molar-refractivity contribution in [2.24, 2.45) is 5.92 Å². The third-order valence-electron chi connectivity index (χ3n) is 2.94. The number of pyridine rings is 1. The van der Waals surface area contributed by atoms with Gasteiger partial charge in [-0.05, 0) is 17.9 Å². The van der Waals surface area contributed by atoms with Crippen molar-refractivity contribution in [1.29, 1.82) is 0 Å². The zero-order valence-electron chi connectivity index (χ0n) is 12.9. The predicted molar refractivity (Wildman–Crippen MR) is 72.1 cm³/mol. The van der Waals surface area contributed by atoms with Gasteiger partial charge < -0.3 is 14.6 Å². The van der Waals surface area contributed by atoms with Crippen molar-refractivity contribution >= 4 is 11.9 Å². The number of rotatable bonds is 4. The Morgan fingerprint density at radius 1 is 1.13 bits per heavy atom. The van der Waals surface area contributed by atoms with Crippen LogP contribution in [0.2, 0.25) is 0 Å². The molecule has 128 valence electrons.